The Hall–Kier alpha value is -4.69. The molecule has 35 heavy (non-hydrogen) atoms. The van der Waals surface area contributed by atoms with Crippen LogP contribution in [0.15, 0.2) is 83.3 Å². The van der Waals surface area contributed by atoms with Gasteiger partial charge < -0.3 is 14.2 Å². The lowest BCUT2D eigenvalue weighted by molar-refractivity contribution is -0.385. The monoisotopic (exact) mass is 493 g/mol. The Bertz CT molecular complexity index is 1430. The summed E-state index contributed by atoms with van der Waals surface area (Å²) in [6.07, 6.45) is 1.32. The topological polar surface area (TPSA) is 149 Å². The first-order valence-electron chi connectivity index (χ1n) is 10.2. The minimum atomic E-state index is -4.42. The lowest BCUT2D eigenvalue weighted by atomic mass is 10.1. The van der Waals surface area contributed by atoms with Crippen LogP contribution in [0.4, 0.5) is 11.4 Å². The molecule has 11 heteroatoms. The van der Waals surface area contributed by atoms with Crippen LogP contribution in [-0.4, -0.2) is 25.9 Å². The third-order valence-corrected chi connectivity index (χ3v) is 5.72. The second-order valence-corrected chi connectivity index (χ2v) is 8.47. The molecule has 0 unspecified atom stereocenters. The van der Waals surface area contributed by atoms with Gasteiger partial charge in [0.25, 0.3) is 11.6 Å². The van der Waals surface area contributed by atoms with Gasteiger partial charge in [-0.15, -0.1) is 0 Å². The number of nitrogens with one attached hydrogen (secondary N) is 1. The van der Waals surface area contributed by atoms with Crippen molar-refractivity contribution in [2.75, 3.05) is 11.9 Å². The molecular formula is C24H19N3O7S. The lowest BCUT2D eigenvalue weighted by Crippen LogP contribution is -2.13. The predicted molar refractivity (Wildman–Crippen MR) is 127 cm³/mol. The first-order chi connectivity index (χ1) is 16.7. The van der Waals surface area contributed by atoms with E-state index in [0.717, 1.165) is 12.1 Å². The maximum absolute atomic E-state index is 12.7. The number of nitro benzene ring substituents is 1. The Balaban J connectivity index is 1.89. The molecule has 1 N–H and O–H groups in total. The molecule has 0 saturated carbocycles. The fourth-order valence-electron chi connectivity index (χ4n) is 2.91. The zero-order valence-corrected chi connectivity index (χ0v) is 19.2. The van der Waals surface area contributed by atoms with E-state index in [-0.39, 0.29) is 23.7 Å². The van der Waals surface area contributed by atoms with E-state index >= 15 is 0 Å². The summed E-state index contributed by atoms with van der Waals surface area (Å²) in [5.41, 5.74) is 0.309. The maximum atomic E-state index is 12.7. The van der Waals surface area contributed by atoms with Gasteiger partial charge in [-0.2, -0.15) is 13.7 Å². The first kappa shape index (κ1) is 24.9. The molecule has 0 aliphatic rings. The van der Waals surface area contributed by atoms with Gasteiger partial charge in [0.05, 0.1) is 11.5 Å². The zero-order chi connectivity index (χ0) is 25.4. The number of carbonyl (C=O) groups excluding carboxylic acids is 1. The number of hydrogen-bond acceptors (Lipinski definition) is 8. The highest BCUT2D eigenvalue weighted by molar-refractivity contribution is 7.87. The van der Waals surface area contributed by atoms with Gasteiger partial charge in [-0.25, -0.2) is 0 Å². The van der Waals surface area contributed by atoms with E-state index in [1.54, 1.807) is 37.3 Å². The number of nitro groups is 1. The van der Waals surface area contributed by atoms with Crippen molar-refractivity contribution in [2.45, 2.75) is 11.8 Å². The Morgan fingerprint density at radius 3 is 2.49 bits per heavy atom. The standard InChI is InChI=1S/C24H19N3O7S/c1-2-33-23-14-17(13-18(16-25)24(28)26-19-7-4-3-5-8-19)11-12-22(23)34-35(31,32)21-10-6-9-20(15-21)27(29)30/h3-15H,2H2,1H3,(H,26,28)/b18-13+. The Morgan fingerprint density at radius 2 is 1.83 bits per heavy atom. The van der Waals surface area contributed by atoms with E-state index in [1.165, 1.54) is 36.4 Å². The van der Waals surface area contributed by atoms with Crippen molar-refractivity contribution in [3.8, 4) is 17.6 Å². The van der Waals surface area contributed by atoms with Crippen molar-refractivity contribution in [3.05, 3.63) is 94.0 Å². The van der Waals surface area contributed by atoms with Crippen molar-refractivity contribution in [1.29, 1.82) is 5.26 Å². The van der Waals surface area contributed by atoms with Crippen LogP contribution < -0.4 is 14.2 Å². The average Bonchev–Trinajstić information content (AvgIpc) is 2.84. The summed E-state index contributed by atoms with van der Waals surface area (Å²) < 4.78 is 36.1. The maximum Gasteiger partial charge on any atom is 0.339 e. The highest BCUT2D eigenvalue weighted by atomic mass is 32.2. The van der Waals surface area contributed by atoms with Crippen molar-refractivity contribution >= 4 is 33.5 Å². The van der Waals surface area contributed by atoms with Crippen LogP contribution in [-0.2, 0) is 14.9 Å². The van der Waals surface area contributed by atoms with Gasteiger partial charge in [-0.05, 0) is 48.9 Å². The predicted octanol–water partition coefficient (Wildman–Crippen LogP) is 4.31. The second kappa shape index (κ2) is 11.0. The Labute approximate surface area is 201 Å². The number of benzene rings is 3. The molecule has 0 aliphatic carbocycles. The second-order valence-electron chi connectivity index (χ2n) is 6.92. The Morgan fingerprint density at radius 1 is 1.09 bits per heavy atom. The summed E-state index contributed by atoms with van der Waals surface area (Å²) in [4.78, 5) is 22.3. The first-order valence-corrected chi connectivity index (χ1v) is 11.6. The van der Waals surface area contributed by atoms with Gasteiger partial charge in [-0.3, -0.25) is 14.9 Å². The molecule has 0 bridgehead atoms. The summed E-state index contributed by atoms with van der Waals surface area (Å²) in [7, 11) is -4.42. The van der Waals surface area contributed by atoms with Gasteiger partial charge in [0.2, 0.25) is 0 Å². The SMILES string of the molecule is CCOc1cc(/C=C(\C#N)C(=O)Nc2ccccc2)ccc1OS(=O)(=O)c1cccc([N+](=O)[O-])c1. The molecule has 0 fully saturated rings. The van der Waals surface area contributed by atoms with Gasteiger partial charge in [0.15, 0.2) is 11.5 Å². The van der Waals surface area contributed by atoms with Gasteiger partial charge in [0.1, 0.15) is 16.5 Å². The highest BCUT2D eigenvalue weighted by Crippen LogP contribution is 2.32. The number of nitriles is 1. The largest absolute Gasteiger partial charge is 0.490 e. The molecule has 1 amide bonds. The molecule has 178 valence electrons. The highest BCUT2D eigenvalue weighted by Gasteiger charge is 2.22. The number of para-hydroxylation sites is 1. The average molecular weight is 493 g/mol. The number of nitrogens with zero attached hydrogens (tertiary/aromatic N) is 2. The van der Waals surface area contributed by atoms with Gasteiger partial charge in [0, 0.05) is 17.8 Å². The summed E-state index contributed by atoms with van der Waals surface area (Å²) >= 11 is 0. The molecule has 3 aromatic carbocycles. The van der Waals surface area contributed by atoms with Gasteiger partial charge in [-0.1, -0.05) is 30.3 Å². The molecule has 3 rings (SSSR count). The number of ether oxygens (including phenoxy) is 1. The number of carbonyl (C=O) groups is 1. The van der Waals surface area contributed by atoms with E-state index in [1.807, 2.05) is 6.07 Å². The summed E-state index contributed by atoms with van der Waals surface area (Å²) in [5.74, 6) is -0.746. The van der Waals surface area contributed by atoms with Gasteiger partial charge >= 0.3 is 10.1 Å². The molecule has 0 aliphatic heterocycles. The summed E-state index contributed by atoms with van der Waals surface area (Å²) in [5, 5.41) is 23.0. The summed E-state index contributed by atoms with van der Waals surface area (Å²) in [6.45, 7) is 1.84. The van der Waals surface area contributed by atoms with Crippen LogP contribution in [0.25, 0.3) is 6.08 Å². The van der Waals surface area contributed by atoms with Crippen LogP contribution in [0.1, 0.15) is 12.5 Å². The molecule has 0 atom stereocenters. The number of non-ortho nitro benzene ring substituents is 1. The Kier molecular flexibility index (Phi) is 7.81. The van der Waals surface area contributed by atoms with Crippen molar-refractivity contribution < 1.29 is 27.1 Å². The van der Waals surface area contributed by atoms with E-state index in [2.05, 4.69) is 5.32 Å². The molecule has 10 nitrogen and oxygen atoms in total. The molecular weight excluding hydrogens is 474 g/mol. The van der Waals surface area contributed by atoms with E-state index in [0.29, 0.717) is 11.3 Å². The lowest BCUT2D eigenvalue weighted by Gasteiger charge is -2.13. The number of anilines is 1. The molecule has 0 heterocycles. The third-order valence-electron chi connectivity index (χ3n) is 4.49. The van der Waals surface area contributed by atoms with E-state index < -0.39 is 31.5 Å². The number of rotatable bonds is 9. The minimum Gasteiger partial charge on any atom is -0.490 e. The number of amides is 1. The van der Waals surface area contributed by atoms with Crippen LogP contribution in [0, 0.1) is 21.4 Å². The summed E-state index contributed by atoms with van der Waals surface area (Å²) in [6, 6.07) is 19.0. The molecule has 0 spiro atoms. The van der Waals surface area contributed by atoms with Crippen LogP contribution in [0.3, 0.4) is 0 Å². The van der Waals surface area contributed by atoms with E-state index in [4.69, 9.17) is 8.92 Å². The minimum absolute atomic E-state index is 0.0380. The van der Waals surface area contributed by atoms with Crippen LogP contribution >= 0.6 is 0 Å². The molecule has 0 aromatic heterocycles. The molecule has 3 aromatic rings. The third kappa shape index (κ3) is 6.43. The van der Waals surface area contributed by atoms with Crippen LogP contribution in [0.5, 0.6) is 11.5 Å². The van der Waals surface area contributed by atoms with Crippen LogP contribution in [0.2, 0.25) is 0 Å². The van der Waals surface area contributed by atoms with Crippen molar-refractivity contribution in [1.82, 2.24) is 0 Å². The smallest absolute Gasteiger partial charge is 0.339 e. The molecule has 0 radical (unpaired) electrons. The fraction of sp³-hybridized carbons (Fsp3) is 0.0833. The molecule has 0 saturated heterocycles. The van der Waals surface area contributed by atoms with Crippen molar-refractivity contribution in [3.63, 3.8) is 0 Å². The van der Waals surface area contributed by atoms with Crippen molar-refractivity contribution in [2.24, 2.45) is 0 Å². The van der Waals surface area contributed by atoms with E-state index in [9.17, 15) is 28.6 Å². The fourth-order valence-corrected chi connectivity index (χ4v) is 3.89. The zero-order valence-electron chi connectivity index (χ0n) is 18.4. The normalized spacial score (nSPS) is 11.3. The number of hydrogen-bond donors (Lipinski definition) is 1. The quantitative estimate of drug-likeness (QED) is 0.152.